The molecule has 2 amide bonds. The normalized spacial score (nSPS) is 16.5. The summed E-state index contributed by atoms with van der Waals surface area (Å²) in [7, 11) is 0. The van der Waals surface area contributed by atoms with Gasteiger partial charge < -0.3 is 10.6 Å². The Morgan fingerprint density at radius 3 is 2.61 bits per heavy atom. The van der Waals surface area contributed by atoms with Crippen LogP contribution >= 0.6 is 23.4 Å². The number of alkyl halides is 3. The number of amides is 2. The highest BCUT2D eigenvalue weighted by molar-refractivity contribution is 8.03. The van der Waals surface area contributed by atoms with E-state index in [4.69, 9.17) is 11.6 Å². The third-order valence-electron chi connectivity index (χ3n) is 4.45. The molecule has 1 aliphatic rings. The largest absolute Gasteiger partial charge is 0.416 e. The smallest absolute Gasteiger partial charge is 0.325 e. The molecule has 0 saturated heterocycles. The lowest BCUT2D eigenvalue weighted by atomic mass is 9.87. The molecule has 2 aromatic rings. The molecule has 0 aromatic heterocycles. The summed E-state index contributed by atoms with van der Waals surface area (Å²) >= 11 is 6.83. The summed E-state index contributed by atoms with van der Waals surface area (Å²) in [4.78, 5) is 24.4. The second-order valence-corrected chi connectivity index (χ2v) is 8.05. The molecule has 160 valence electrons. The van der Waals surface area contributed by atoms with E-state index in [0.29, 0.717) is 10.6 Å². The number of allylic oxidation sites excluding steroid dienone is 1. The second kappa shape index (κ2) is 9.45. The Labute approximate surface area is 185 Å². The third kappa shape index (κ3) is 5.81. The number of hydrogen-bond acceptors (Lipinski definition) is 4. The molecular formula is C21H15ClF3N3O2S. The zero-order valence-corrected chi connectivity index (χ0v) is 17.4. The molecule has 0 bridgehead atoms. The number of benzene rings is 2. The van der Waals surface area contributed by atoms with Gasteiger partial charge in [-0.25, -0.2) is 0 Å². The second-order valence-electron chi connectivity index (χ2n) is 6.63. The molecule has 0 aliphatic carbocycles. The van der Waals surface area contributed by atoms with E-state index in [1.807, 2.05) is 0 Å². The van der Waals surface area contributed by atoms with Crippen molar-refractivity contribution in [2.45, 2.75) is 18.5 Å². The van der Waals surface area contributed by atoms with Crippen molar-refractivity contribution in [2.75, 3.05) is 11.1 Å². The number of carbonyl (C=O) groups is 2. The fraction of sp³-hybridized carbons (Fsp3) is 0.190. The van der Waals surface area contributed by atoms with Crippen LogP contribution in [-0.4, -0.2) is 17.6 Å². The van der Waals surface area contributed by atoms with Gasteiger partial charge in [0.05, 0.1) is 28.0 Å². The molecule has 1 atom stereocenters. The first-order valence-corrected chi connectivity index (χ1v) is 10.3. The molecule has 0 spiro atoms. The van der Waals surface area contributed by atoms with Crippen LogP contribution in [-0.2, 0) is 15.8 Å². The fourth-order valence-corrected chi connectivity index (χ4v) is 4.02. The van der Waals surface area contributed by atoms with Crippen LogP contribution in [0.1, 0.15) is 23.5 Å². The first-order valence-electron chi connectivity index (χ1n) is 8.97. The number of nitrogens with one attached hydrogen (secondary N) is 2. The molecule has 10 heteroatoms. The van der Waals surface area contributed by atoms with Crippen LogP contribution in [0.25, 0.3) is 0 Å². The summed E-state index contributed by atoms with van der Waals surface area (Å²) in [6.45, 7) is 0. The standard InChI is InChI=1S/C21H15ClF3N3O2S/c22-14-6-4-12(5-7-14)16-9-18(29)28-20(17(16)10-26)31-11-19(30)27-15-3-1-2-13(8-15)21(23,24)25/h1-8,16H,9,11H2,(H,27,30)(H,28,29)/t16-/m0/s1. The molecule has 2 N–H and O–H groups in total. The van der Waals surface area contributed by atoms with Gasteiger partial charge in [-0.1, -0.05) is 41.6 Å². The molecular weight excluding hydrogens is 451 g/mol. The summed E-state index contributed by atoms with van der Waals surface area (Å²) in [5.41, 5.74) is 0.167. The van der Waals surface area contributed by atoms with Gasteiger partial charge in [0.2, 0.25) is 11.8 Å². The van der Waals surface area contributed by atoms with Crippen molar-refractivity contribution < 1.29 is 22.8 Å². The minimum atomic E-state index is -4.52. The lowest BCUT2D eigenvalue weighted by Gasteiger charge is -2.25. The van der Waals surface area contributed by atoms with Crippen LogP contribution in [0, 0.1) is 11.3 Å². The van der Waals surface area contributed by atoms with Gasteiger partial charge in [0, 0.05) is 23.0 Å². The number of hydrogen-bond donors (Lipinski definition) is 2. The van der Waals surface area contributed by atoms with Gasteiger partial charge in [0.15, 0.2) is 0 Å². The summed E-state index contributed by atoms with van der Waals surface area (Å²) in [6.07, 6.45) is -4.45. The van der Waals surface area contributed by atoms with Gasteiger partial charge in [-0.05, 0) is 35.9 Å². The van der Waals surface area contributed by atoms with Crippen LogP contribution in [0.4, 0.5) is 18.9 Å². The maximum absolute atomic E-state index is 12.8. The summed E-state index contributed by atoms with van der Waals surface area (Å²) in [6, 6.07) is 13.1. The number of anilines is 1. The minimum Gasteiger partial charge on any atom is -0.325 e. The maximum Gasteiger partial charge on any atom is 0.416 e. The minimum absolute atomic E-state index is 0.00151. The van der Waals surface area contributed by atoms with Gasteiger partial charge >= 0.3 is 6.18 Å². The lowest BCUT2D eigenvalue weighted by Crippen LogP contribution is -2.31. The van der Waals surface area contributed by atoms with Crippen LogP contribution in [0.15, 0.2) is 59.1 Å². The van der Waals surface area contributed by atoms with E-state index >= 15 is 0 Å². The predicted molar refractivity (Wildman–Crippen MR) is 112 cm³/mol. The maximum atomic E-state index is 12.8. The van der Waals surface area contributed by atoms with E-state index in [0.717, 1.165) is 29.5 Å². The Morgan fingerprint density at radius 2 is 1.97 bits per heavy atom. The zero-order chi connectivity index (χ0) is 22.6. The van der Waals surface area contributed by atoms with E-state index in [2.05, 4.69) is 16.7 Å². The van der Waals surface area contributed by atoms with Gasteiger partial charge in [-0.3, -0.25) is 9.59 Å². The number of halogens is 4. The van der Waals surface area contributed by atoms with E-state index in [1.54, 1.807) is 24.3 Å². The Balaban J connectivity index is 1.73. The molecule has 5 nitrogen and oxygen atoms in total. The van der Waals surface area contributed by atoms with Gasteiger partial charge in [0.1, 0.15) is 0 Å². The van der Waals surface area contributed by atoms with Crippen molar-refractivity contribution in [2.24, 2.45) is 0 Å². The van der Waals surface area contributed by atoms with Gasteiger partial charge in [0.25, 0.3) is 0 Å². The first kappa shape index (κ1) is 22.7. The van der Waals surface area contributed by atoms with Crippen LogP contribution < -0.4 is 10.6 Å². The Kier molecular flexibility index (Phi) is 6.93. The highest BCUT2D eigenvalue weighted by atomic mass is 35.5. The van der Waals surface area contributed by atoms with Crippen molar-refractivity contribution in [3.8, 4) is 6.07 Å². The van der Waals surface area contributed by atoms with E-state index < -0.39 is 23.6 Å². The van der Waals surface area contributed by atoms with Crippen LogP contribution in [0.5, 0.6) is 0 Å². The van der Waals surface area contributed by atoms with E-state index in [1.165, 1.54) is 12.1 Å². The predicted octanol–water partition coefficient (Wildman–Crippen LogP) is 5.07. The first-order chi connectivity index (χ1) is 14.7. The molecule has 0 saturated carbocycles. The average Bonchev–Trinajstić information content (AvgIpc) is 2.72. The van der Waals surface area contributed by atoms with Crippen molar-refractivity contribution >= 4 is 40.9 Å². The average molecular weight is 466 g/mol. The Morgan fingerprint density at radius 1 is 1.26 bits per heavy atom. The molecule has 0 fully saturated rings. The molecule has 3 rings (SSSR count). The molecule has 0 radical (unpaired) electrons. The Hall–Kier alpha value is -2.96. The fourth-order valence-electron chi connectivity index (χ4n) is 3.02. The third-order valence-corrected chi connectivity index (χ3v) is 5.72. The number of thioether (sulfide) groups is 1. The van der Waals surface area contributed by atoms with Crippen LogP contribution in [0.3, 0.4) is 0 Å². The molecule has 2 aromatic carbocycles. The van der Waals surface area contributed by atoms with E-state index in [9.17, 15) is 28.0 Å². The highest BCUT2D eigenvalue weighted by Crippen LogP contribution is 2.36. The monoisotopic (exact) mass is 465 g/mol. The number of carbonyl (C=O) groups excluding carboxylic acids is 2. The topological polar surface area (TPSA) is 82.0 Å². The molecule has 1 aliphatic heterocycles. The zero-order valence-electron chi connectivity index (χ0n) is 15.8. The molecule has 0 unspecified atom stereocenters. The van der Waals surface area contributed by atoms with Gasteiger partial charge in [-0.15, -0.1) is 0 Å². The molecule has 31 heavy (non-hydrogen) atoms. The summed E-state index contributed by atoms with van der Waals surface area (Å²) < 4.78 is 38.4. The Bertz CT molecular complexity index is 1080. The number of rotatable bonds is 5. The number of nitriles is 1. The van der Waals surface area contributed by atoms with Crippen molar-refractivity contribution in [3.05, 3.63) is 75.3 Å². The number of nitrogens with zero attached hydrogens (tertiary/aromatic N) is 1. The SMILES string of the molecule is N#CC1=C(SCC(=O)Nc2cccc(C(F)(F)F)c2)NC(=O)C[C@H]1c1ccc(Cl)cc1. The lowest BCUT2D eigenvalue weighted by molar-refractivity contribution is -0.137. The summed E-state index contributed by atoms with van der Waals surface area (Å²) in [5.74, 6) is -1.56. The van der Waals surface area contributed by atoms with Crippen molar-refractivity contribution in [1.29, 1.82) is 5.26 Å². The molecule has 1 heterocycles. The quantitative estimate of drug-likeness (QED) is 0.646. The van der Waals surface area contributed by atoms with E-state index in [-0.39, 0.29) is 28.8 Å². The van der Waals surface area contributed by atoms with Crippen molar-refractivity contribution in [1.82, 2.24) is 5.32 Å². The summed E-state index contributed by atoms with van der Waals surface area (Å²) in [5, 5.41) is 15.4. The van der Waals surface area contributed by atoms with Gasteiger partial charge in [-0.2, -0.15) is 18.4 Å². The van der Waals surface area contributed by atoms with Crippen LogP contribution in [0.2, 0.25) is 5.02 Å². The van der Waals surface area contributed by atoms with Crippen molar-refractivity contribution in [3.63, 3.8) is 0 Å². The highest BCUT2D eigenvalue weighted by Gasteiger charge is 2.31.